The third kappa shape index (κ3) is 2.41. The fraction of sp³-hybridized carbons (Fsp3) is 0.0513. The molecule has 3 aliphatic heterocycles. The summed E-state index contributed by atoms with van der Waals surface area (Å²) in [4.78, 5) is 0. The monoisotopic (exact) mass is 530 g/mol. The van der Waals surface area contributed by atoms with Gasteiger partial charge in [0, 0.05) is 22.0 Å². The lowest BCUT2D eigenvalue weighted by Gasteiger charge is -2.48. The molecule has 0 amide bonds. The average Bonchev–Trinajstić information content (AvgIpc) is 3.40. The fourth-order valence-corrected chi connectivity index (χ4v) is 8.79. The number of hydrogen-bond acceptors (Lipinski definition) is 1. The molecule has 0 spiro atoms. The zero-order valence-corrected chi connectivity index (χ0v) is 22.8. The van der Waals surface area contributed by atoms with Crippen LogP contribution in [-0.2, 0) is 11.8 Å². The Bertz CT molecular complexity index is 2300. The van der Waals surface area contributed by atoms with Crippen LogP contribution in [-0.4, -0.2) is 11.3 Å². The van der Waals surface area contributed by atoms with E-state index in [9.17, 15) is 5.26 Å². The van der Waals surface area contributed by atoms with Crippen molar-refractivity contribution in [3.63, 3.8) is 0 Å². The Morgan fingerprint density at radius 2 is 1.21 bits per heavy atom. The molecular formula is C39H23BN2. The molecule has 7 aromatic rings. The van der Waals surface area contributed by atoms with Gasteiger partial charge in [0.15, 0.2) is 0 Å². The van der Waals surface area contributed by atoms with Crippen molar-refractivity contribution < 1.29 is 0 Å². The lowest BCUT2D eigenvalue weighted by Crippen LogP contribution is -2.67. The number of aromatic nitrogens is 1. The third-order valence-corrected chi connectivity index (χ3v) is 10.2. The smallest absolute Gasteiger partial charge is 0.248 e. The van der Waals surface area contributed by atoms with E-state index in [4.69, 9.17) is 0 Å². The minimum Gasteiger partial charge on any atom is -0.309 e. The highest BCUT2D eigenvalue weighted by molar-refractivity contribution is 7.00. The Labute approximate surface area is 244 Å². The Balaban J connectivity index is 1.49. The van der Waals surface area contributed by atoms with E-state index in [0.29, 0.717) is 0 Å². The first-order valence-corrected chi connectivity index (χ1v) is 14.7. The van der Waals surface area contributed by atoms with Crippen LogP contribution in [0.15, 0.2) is 127 Å². The summed E-state index contributed by atoms with van der Waals surface area (Å²) in [5.74, 6) is 0. The van der Waals surface area contributed by atoms with E-state index in [1.54, 1.807) is 0 Å². The van der Waals surface area contributed by atoms with E-state index in [-0.39, 0.29) is 6.71 Å². The summed E-state index contributed by atoms with van der Waals surface area (Å²) in [7, 11) is 0. The van der Waals surface area contributed by atoms with E-state index in [2.05, 4.69) is 126 Å². The van der Waals surface area contributed by atoms with Crippen LogP contribution in [0.25, 0.3) is 27.5 Å². The quantitative estimate of drug-likeness (QED) is 0.249. The minimum atomic E-state index is -0.473. The van der Waals surface area contributed by atoms with Gasteiger partial charge in [0.05, 0.1) is 16.5 Å². The SMILES string of the molecule is N#Cc1cccc2c3ccc4c5c3n(c12)-c1cccc2c1B5c1c(cccc1C2(c1ccccc1)c1ccccc1)C4. The summed E-state index contributed by atoms with van der Waals surface area (Å²) in [5, 5.41) is 12.7. The first-order valence-electron chi connectivity index (χ1n) is 14.7. The van der Waals surface area contributed by atoms with Crippen LogP contribution < -0.4 is 16.4 Å². The largest absolute Gasteiger partial charge is 0.309 e. The minimum absolute atomic E-state index is 0.151. The molecule has 0 radical (unpaired) electrons. The van der Waals surface area contributed by atoms with Crippen molar-refractivity contribution in [1.29, 1.82) is 5.26 Å². The van der Waals surface area contributed by atoms with Crippen LogP contribution in [0.3, 0.4) is 0 Å². The number of nitriles is 1. The highest BCUT2D eigenvalue weighted by atomic mass is 15.0. The van der Waals surface area contributed by atoms with Crippen LogP contribution in [0, 0.1) is 11.3 Å². The second-order valence-corrected chi connectivity index (χ2v) is 11.9. The van der Waals surface area contributed by atoms with Gasteiger partial charge in [-0.05, 0) is 62.9 Å². The van der Waals surface area contributed by atoms with Gasteiger partial charge >= 0.3 is 0 Å². The fourth-order valence-electron chi connectivity index (χ4n) is 8.79. The standard InChI is InChI=1S/C39H23BN2/c41-23-26-11-7-16-29-30-21-20-25-22-24-10-8-17-31-34(24)40-35(25)38(30)42(37(26)29)33-19-9-18-32(36(33)40)39(31,27-12-3-1-4-13-27)28-14-5-2-6-15-28/h1-21H,22H2. The zero-order valence-electron chi connectivity index (χ0n) is 22.8. The molecule has 192 valence electrons. The van der Waals surface area contributed by atoms with Crippen LogP contribution in [0.1, 0.15) is 38.9 Å². The van der Waals surface area contributed by atoms with Gasteiger partial charge in [-0.1, -0.05) is 121 Å². The van der Waals surface area contributed by atoms with Crippen molar-refractivity contribution in [3.8, 4) is 11.8 Å². The van der Waals surface area contributed by atoms with Gasteiger partial charge in [-0.15, -0.1) is 0 Å². The van der Waals surface area contributed by atoms with Crippen LogP contribution in [0.5, 0.6) is 0 Å². The first kappa shape index (κ1) is 22.4. The maximum absolute atomic E-state index is 10.3. The lowest BCUT2D eigenvalue weighted by molar-refractivity contribution is 0.748. The third-order valence-electron chi connectivity index (χ3n) is 10.2. The Hall–Kier alpha value is -5.33. The van der Waals surface area contributed by atoms with Crippen molar-refractivity contribution >= 4 is 44.9 Å². The van der Waals surface area contributed by atoms with Gasteiger partial charge in [-0.25, -0.2) is 0 Å². The molecule has 10 rings (SSSR count). The van der Waals surface area contributed by atoms with Crippen molar-refractivity contribution in [1.82, 2.24) is 4.57 Å². The van der Waals surface area contributed by atoms with E-state index < -0.39 is 5.41 Å². The summed E-state index contributed by atoms with van der Waals surface area (Å²) >= 11 is 0. The van der Waals surface area contributed by atoms with Gasteiger partial charge in [0.1, 0.15) is 6.07 Å². The molecule has 0 N–H and O–H groups in total. The molecule has 0 aliphatic carbocycles. The number of nitrogens with zero attached hydrogens (tertiary/aromatic N) is 2. The highest BCUT2D eigenvalue weighted by Crippen LogP contribution is 2.49. The van der Waals surface area contributed by atoms with Gasteiger partial charge in [0.2, 0.25) is 6.71 Å². The van der Waals surface area contributed by atoms with Crippen molar-refractivity contribution in [2.24, 2.45) is 0 Å². The normalized spacial score (nSPS) is 14.7. The predicted octanol–water partition coefficient (Wildman–Crippen LogP) is 6.09. The maximum atomic E-state index is 10.3. The summed E-state index contributed by atoms with van der Waals surface area (Å²) < 4.78 is 2.43. The van der Waals surface area contributed by atoms with Crippen molar-refractivity contribution in [3.05, 3.63) is 166 Å². The number of rotatable bonds is 2. The summed E-state index contributed by atoms with van der Waals surface area (Å²) in [6.07, 6.45) is 0.911. The molecule has 0 unspecified atom stereocenters. The molecule has 1 aromatic heterocycles. The Kier molecular flexibility index (Phi) is 4.10. The molecule has 3 heteroatoms. The molecule has 0 saturated carbocycles. The van der Waals surface area contributed by atoms with E-state index in [1.165, 1.54) is 66.4 Å². The summed E-state index contributed by atoms with van der Waals surface area (Å²) in [6, 6.07) is 49.3. The molecule has 0 fully saturated rings. The van der Waals surface area contributed by atoms with E-state index >= 15 is 0 Å². The molecule has 6 aromatic carbocycles. The Morgan fingerprint density at radius 1 is 0.571 bits per heavy atom. The molecule has 0 bridgehead atoms. The van der Waals surface area contributed by atoms with Crippen LogP contribution in [0.2, 0.25) is 0 Å². The van der Waals surface area contributed by atoms with E-state index in [1.807, 2.05) is 12.1 Å². The van der Waals surface area contributed by atoms with Crippen molar-refractivity contribution in [2.75, 3.05) is 0 Å². The highest BCUT2D eigenvalue weighted by Gasteiger charge is 2.52. The molecule has 0 atom stereocenters. The zero-order chi connectivity index (χ0) is 27.6. The predicted molar refractivity (Wildman–Crippen MR) is 171 cm³/mol. The average molecular weight is 530 g/mol. The first-order chi connectivity index (χ1) is 20.8. The molecular weight excluding hydrogens is 507 g/mol. The Morgan fingerprint density at radius 3 is 1.95 bits per heavy atom. The van der Waals surface area contributed by atoms with Gasteiger partial charge < -0.3 is 4.57 Å². The van der Waals surface area contributed by atoms with Crippen LogP contribution >= 0.6 is 0 Å². The van der Waals surface area contributed by atoms with Gasteiger partial charge in [0.25, 0.3) is 0 Å². The lowest BCUT2D eigenvalue weighted by atomic mass is 9.27. The van der Waals surface area contributed by atoms with Gasteiger partial charge in [-0.3, -0.25) is 0 Å². The molecule has 4 heterocycles. The van der Waals surface area contributed by atoms with E-state index in [0.717, 1.165) is 22.9 Å². The number of para-hydroxylation sites is 1. The van der Waals surface area contributed by atoms with Crippen molar-refractivity contribution in [2.45, 2.75) is 11.8 Å². The van der Waals surface area contributed by atoms with Gasteiger partial charge in [-0.2, -0.15) is 5.26 Å². The maximum Gasteiger partial charge on any atom is 0.248 e. The second-order valence-electron chi connectivity index (χ2n) is 11.9. The molecule has 3 aliphatic rings. The molecule has 42 heavy (non-hydrogen) atoms. The summed E-state index contributed by atoms with van der Waals surface area (Å²) in [5.41, 5.74) is 16.1. The number of benzene rings is 6. The number of hydrogen-bond donors (Lipinski definition) is 0. The second kappa shape index (κ2) is 7.69. The number of fused-ring (bicyclic) bond motifs is 4. The molecule has 2 nitrogen and oxygen atoms in total. The summed E-state index contributed by atoms with van der Waals surface area (Å²) in [6.45, 7) is 0.151. The van der Waals surface area contributed by atoms with Crippen LogP contribution in [0.4, 0.5) is 0 Å². The molecule has 0 saturated heterocycles. The topological polar surface area (TPSA) is 28.7 Å².